The van der Waals surface area contributed by atoms with E-state index in [1.165, 1.54) is 0 Å². The van der Waals surface area contributed by atoms with Gasteiger partial charge in [0.2, 0.25) is 0 Å². The zero-order chi connectivity index (χ0) is 10.5. The molecule has 1 aromatic rings. The number of rotatable bonds is 0. The van der Waals surface area contributed by atoms with E-state index in [-0.39, 0.29) is 5.41 Å². The summed E-state index contributed by atoms with van der Waals surface area (Å²) in [6.45, 7) is 3.13. The van der Waals surface area contributed by atoms with Crippen molar-refractivity contribution in [3.8, 4) is 5.75 Å². The van der Waals surface area contributed by atoms with Crippen LogP contribution < -0.4 is 5.32 Å². The van der Waals surface area contributed by atoms with Gasteiger partial charge in [0.1, 0.15) is 5.75 Å². The van der Waals surface area contributed by atoms with Crippen LogP contribution in [0.5, 0.6) is 5.75 Å². The first kappa shape index (κ1) is 9.04. The summed E-state index contributed by atoms with van der Waals surface area (Å²) in [5, 5.41) is 13.4. The van der Waals surface area contributed by atoms with Crippen LogP contribution in [0.2, 0.25) is 0 Å². The van der Waals surface area contributed by atoms with E-state index in [9.17, 15) is 5.11 Å². The summed E-state index contributed by atoms with van der Waals surface area (Å²) >= 11 is 0. The van der Waals surface area contributed by atoms with Crippen LogP contribution >= 0.6 is 0 Å². The summed E-state index contributed by atoms with van der Waals surface area (Å²) in [5.41, 5.74) is 2.40. The first-order chi connectivity index (χ1) is 7.21. The molecular weight excluding hydrogens is 188 g/mol. The maximum atomic E-state index is 9.98. The minimum atomic E-state index is 0.148. The van der Waals surface area contributed by atoms with Gasteiger partial charge in [0.05, 0.1) is 0 Å². The number of likely N-dealkylation sites (tertiary alicyclic amines) is 1. The Hall–Kier alpha value is -1.22. The molecule has 0 amide bonds. The van der Waals surface area contributed by atoms with Crippen LogP contribution in [0, 0.1) is 0 Å². The fourth-order valence-electron chi connectivity index (χ4n) is 3.03. The summed E-state index contributed by atoms with van der Waals surface area (Å²) in [6.07, 6.45) is 1.14. The van der Waals surface area contributed by atoms with Crippen molar-refractivity contribution in [2.45, 2.75) is 11.8 Å². The molecule has 2 aliphatic rings. The lowest BCUT2D eigenvalue weighted by molar-refractivity contribution is 0.373. The number of aromatic hydroxyl groups is 1. The molecule has 0 aliphatic carbocycles. The summed E-state index contributed by atoms with van der Waals surface area (Å²) < 4.78 is 0. The number of benzene rings is 1. The molecule has 1 saturated heterocycles. The van der Waals surface area contributed by atoms with Crippen molar-refractivity contribution in [2.24, 2.45) is 0 Å². The lowest BCUT2D eigenvalue weighted by Crippen LogP contribution is -2.31. The minimum Gasteiger partial charge on any atom is -0.508 e. The molecule has 2 N–H and O–H groups in total. The topological polar surface area (TPSA) is 35.5 Å². The number of phenolic OH excluding ortho intramolecular Hbond substituents is 1. The van der Waals surface area contributed by atoms with Crippen LogP contribution in [-0.4, -0.2) is 36.7 Å². The number of phenols is 1. The van der Waals surface area contributed by atoms with Crippen LogP contribution in [0.3, 0.4) is 0 Å². The van der Waals surface area contributed by atoms with E-state index < -0.39 is 0 Å². The van der Waals surface area contributed by atoms with Crippen LogP contribution in [0.1, 0.15) is 12.0 Å². The molecular formula is C12H16N2O. The smallest absolute Gasteiger partial charge is 0.121 e. The Morgan fingerprint density at radius 1 is 1.47 bits per heavy atom. The number of anilines is 1. The van der Waals surface area contributed by atoms with Gasteiger partial charge >= 0.3 is 0 Å². The number of hydrogen-bond acceptors (Lipinski definition) is 3. The Morgan fingerprint density at radius 3 is 3.07 bits per heavy atom. The maximum Gasteiger partial charge on any atom is 0.121 e. The van der Waals surface area contributed by atoms with Gasteiger partial charge in [-0.05, 0) is 32.1 Å². The van der Waals surface area contributed by atoms with Crippen LogP contribution in [-0.2, 0) is 5.41 Å². The van der Waals surface area contributed by atoms with Gasteiger partial charge in [-0.2, -0.15) is 0 Å². The molecule has 3 rings (SSSR count). The molecule has 3 heteroatoms. The monoisotopic (exact) mass is 204 g/mol. The summed E-state index contributed by atoms with van der Waals surface area (Å²) in [4.78, 5) is 2.34. The summed E-state index contributed by atoms with van der Waals surface area (Å²) in [5.74, 6) is 0.452. The standard InChI is InChI=1S/C12H16N2O/c1-14-6-5-12(8-14)7-13-9-3-2-4-10(15)11(9)12/h2-4,13,15H,5-8H2,1H3. The highest BCUT2D eigenvalue weighted by Crippen LogP contribution is 2.46. The van der Waals surface area contributed by atoms with E-state index in [0.29, 0.717) is 5.75 Å². The predicted molar refractivity (Wildman–Crippen MR) is 60.4 cm³/mol. The molecule has 2 heterocycles. The first-order valence-corrected chi connectivity index (χ1v) is 5.46. The number of nitrogens with one attached hydrogen (secondary N) is 1. The van der Waals surface area contributed by atoms with Crippen molar-refractivity contribution in [3.05, 3.63) is 23.8 Å². The Morgan fingerprint density at radius 2 is 2.33 bits per heavy atom. The Bertz CT molecular complexity index is 401. The third kappa shape index (κ3) is 1.16. The summed E-state index contributed by atoms with van der Waals surface area (Å²) in [6, 6.07) is 5.76. The van der Waals surface area contributed by atoms with Crippen molar-refractivity contribution in [3.63, 3.8) is 0 Å². The highest BCUT2D eigenvalue weighted by atomic mass is 16.3. The molecule has 0 saturated carbocycles. The molecule has 80 valence electrons. The molecule has 15 heavy (non-hydrogen) atoms. The van der Waals surface area contributed by atoms with E-state index in [2.05, 4.69) is 23.3 Å². The molecule has 0 aromatic heterocycles. The molecule has 1 atom stereocenters. The SMILES string of the molecule is CN1CCC2(CNc3cccc(O)c32)C1. The summed E-state index contributed by atoms with van der Waals surface area (Å²) in [7, 11) is 2.15. The fraction of sp³-hybridized carbons (Fsp3) is 0.500. The lowest BCUT2D eigenvalue weighted by Gasteiger charge is -2.23. The lowest BCUT2D eigenvalue weighted by atomic mass is 9.81. The molecule has 1 spiro atoms. The highest BCUT2D eigenvalue weighted by Gasteiger charge is 2.44. The van der Waals surface area contributed by atoms with Gasteiger partial charge in [-0.3, -0.25) is 0 Å². The van der Waals surface area contributed by atoms with E-state index in [1.54, 1.807) is 6.07 Å². The van der Waals surface area contributed by atoms with Crippen molar-refractivity contribution >= 4 is 5.69 Å². The average molecular weight is 204 g/mol. The van der Waals surface area contributed by atoms with Crippen LogP contribution in [0.15, 0.2) is 18.2 Å². The van der Waals surface area contributed by atoms with E-state index in [0.717, 1.165) is 37.3 Å². The maximum absolute atomic E-state index is 9.98. The molecule has 3 nitrogen and oxygen atoms in total. The van der Waals surface area contributed by atoms with Crippen molar-refractivity contribution in [1.82, 2.24) is 4.90 Å². The van der Waals surface area contributed by atoms with Gasteiger partial charge in [-0.1, -0.05) is 6.07 Å². The minimum absolute atomic E-state index is 0.148. The van der Waals surface area contributed by atoms with Crippen LogP contribution in [0.25, 0.3) is 0 Å². The number of nitrogens with zero attached hydrogens (tertiary/aromatic N) is 1. The second-order valence-electron chi connectivity index (χ2n) is 4.82. The molecule has 1 aromatic carbocycles. The van der Waals surface area contributed by atoms with E-state index in [1.807, 2.05) is 6.07 Å². The Kier molecular flexibility index (Phi) is 1.74. The number of fused-ring (bicyclic) bond motifs is 2. The predicted octanol–water partition coefficient (Wildman–Crippen LogP) is 1.39. The third-order valence-electron chi connectivity index (χ3n) is 3.73. The molecule has 0 radical (unpaired) electrons. The van der Waals surface area contributed by atoms with Crippen molar-refractivity contribution in [2.75, 3.05) is 32.0 Å². The van der Waals surface area contributed by atoms with Crippen LogP contribution in [0.4, 0.5) is 5.69 Å². The largest absolute Gasteiger partial charge is 0.508 e. The molecule has 0 bridgehead atoms. The van der Waals surface area contributed by atoms with Gasteiger partial charge in [-0.15, -0.1) is 0 Å². The highest BCUT2D eigenvalue weighted by molar-refractivity contribution is 5.66. The fourth-order valence-corrected chi connectivity index (χ4v) is 3.03. The van der Waals surface area contributed by atoms with Crippen molar-refractivity contribution < 1.29 is 5.11 Å². The zero-order valence-electron chi connectivity index (χ0n) is 8.95. The van der Waals surface area contributed by atoms with Gasteiger partial charge in [0.15, 0.2) is 0 Å². The second-order valence-corrected chi connectivity index (χ2v) is 4.82. The molecule has 2 aliphatic heterocycles. The first-order valence-electron chi connectivity index (χ1n) is 5.46. The van der Waals surface area contributed by atoms with Gasteiger partial charge in [-0.25, -0.2) is 0 Å². The van der Waals surface area contributed by atoms with E-state index >= 15 is 0 Å². The van der Waals surface area contributed by atoms with Gasteiger partial charge in [0, 0.05) is 29.8 Å². The Labute approximate surface area is 89.7 Å². The van der Waals surface area contributed by atoms with Gasteiger partial charge in [0.25, 0.3) is 0 Å². The quantitative estimate of drug-likeness (QED) is 0.670. The molecule has 1 fully saturated rings. The normalized spacial score (nSPS) is 29.4. The Balaban J connectivity index is 2.11. The number of likely N-dealkylation sites (N-methyl/N-ethyl adjacent to an activating group) is 1. The van der Waals surface area contributed by atoms with Gasteiger partial charge < -0.3 is 15.3 Å². The third-order valence-corrected chi connectivity index (χ3v) is 3.73. The number of hydrogen-bond donors (Lipinski definition) is 2. The second kappa shape index (κ2) is 2.89. The average Bonchev–Trinajstić information content (AvgIpc) is 2.74. The van der Waals surface area contributed by atoms with E-state index in [4.69, 9.17) is 0 Å². The zero-order valence-corrected chi connectivity index (χ0v) is 8.95. The van der Waals surface area contributed by atoms with Crippen molar-refractivity contribution in [1.29, 1.82) is 0 Å². The molecule has 1 unspecified atom stereocenters.